The van der Waals surface area contributed by atoms with Gasteiger partial charge in [0.1, 0.15) is 0 Å². The Hall–Kier alpha value is -2.10. The molecule has 0 bridgehead atoms. The summed E-state index contributed by atoms with van der Waals surface area (Å²) in [5, 5.41) is 4.05. The molecule has 0 heterocycles. The molecule has 0 amide bonds. The van der Waals surface area contributed by atoms with Crippen molar-refractivity contribution in [1.29, 1.82) is 0 Å². The molecule has 14 heavy (non-hydrogen) atoms. The first kappa shape index (κ1) is 8.50. The van der Waals surface area contributed by atoms with Crippen LogP contribution in [0.15, 0.2) is 47.8 Å². The Bertz CT molecular complexity index is 451. The second-order valence-corrected chi connectivity index (χ2v) is 2.71. The molecular weight excluding hydrogens is 182 g/mol. The summed E-state index contributed by atoms with van der Waals surface area (Å²) in [4.78, 5) is 18.4. The van der Waals surface area contributed by atoms with E-state index in [0.29, 0.717) is 5.75 Å². The fourth-order valence-electron chi connectivity index (χ4n) is 1.32. The van der Waals surface area contributed by atoms with Crippen molar-refractivity contribution in [3.05, 3.63) is 47.4 Å². The number of fused-ring (bicyclic) bond motifs is 1. The molecule has 4 heteroatoms. The van der Waals surface area contributed by atoms with Gasteiger partial charge in [-0.15, -0.1) is 9.90 Å². The van der Waals surface area contributed by atoms with Crippen LogP contribution < -0.4 is 4.89 Å². The van der Waals surface area contributed by atoms with Gasteiger partial charge in [-0.2, -0.15) is 0 Å². The predicted octanol–water partition coefficient (Wildman–Crippen LogP) is 2.83. The number of hydrogen-bond acceptors (Lipinski definition) is 4. The van der Waals surface area contributed by atoms with Crippen molar-refractivity contribution >= 4 is 10.8 Å². The van der Waals surface area contributed by atoms with E-state index in [9.17, 15) is 4.91 Å². The standard InChI is InChI=1S/C10H7NO3/c12-11-14-13-10-7-3-5-8-4-1-2-6-9(8)10/h1-7H. The first-order valence-corrected chi connectivity index (χ1v) is 4.06. The van der Waals surface area contributed by atoms with E-state index in [4.69, 9.17) is 0 Å². The lowest BCUT2D eigenvalue weighted by atomic mass is 10.1. The Kier molecular flexibility index (Phi) is 2.27. The van der Waals surface area contributed by atoms with Crippen LogP contribution in [0.5, 0.6) is 5.75 Å². The zero-order valence-corrected chi connectivity index (χ0v) is 7.21. The third kappa shape index (κ3) is 1.50. The number of nitrogens with zero attached hydrogens (tertiary/aromatic N) is 1. The third-order valence-corrected chi connectivity index (χ3v) is 1.91. The van der Waals surface area contributed by atoms with Gasteiger partial charge < -0.3 is 0 Å². The van der Waals surface area contributed by atoms with Crippen LogP contribution in [-0.2, 0) is 4.99 Å². The van der Waals surface area contributed by atoms with Gasteiger partial charge in [0.2, 0.25) is 5.34 Å². The SMILES string of the molecule is O=NOOc1cccc2ccccc12. The summed E-state index contributed by atoms with van der Waals surface area (Å²) in [6.45, 7) is 0. The van der Waals surface area contributed by atoms with Crippen molar-refractivity contribution in [1.82, 2.24) is 0 Å². The summed E-state index contributed by atoms with van der Waals surface area (Å²) < 4.78 is 0. The smallest absolute Gasteiger partial charge is 0.202 e. The Labute approximate surface area is 79.9 Å². The van der Waals surface area contributed by atoms with Crippen LogP contribution in [0.4, 0.5) is 0 Å². The van der Waals surface area contributed by atoms with Crippen LogP contribution >= 0.6 is 0 Å². The average molecular weight is 189 g/mol. The molecule has 0 saturated heterocycles. The molecule has 0 radical (unpaired) electrons. The molecule has 2 rings (SSSR count). The van der Waals surface area contributed by atoms with Crippen LogP contribution in [0.2, 0.25) is 0 Å². The molecule has 0 spiro atoms. The van der Waals surface area contributed by atoms with E-state index in [2.05, 4.69) is 15.2 Å². The van der Waals surface area contributed by atoms with Gasteiger partial charge in [-0.1, -0.05) is 36.4 Å². The summed E-state index contributed by atoms with van der Waals surface area (Å²) in [6, 6.07) is 13.1. The maximum absolute atomic E-state index is 9.72. The van der Waals surface area contributed by atoms with Gasteiger partial charge in [-0.05, 0) is 11.5 Å². The summed E-state index contributed by atoms with van der Waals surface area (Å²) in [6.07, 6.45) is 0. The van der Waals surface area contributed by atoms with Crippen molar-refractivity contribution in [3.63, 3.8) is 0 Å². The molecule has 0 aliphatic carbocycles. The van der Waals surface area contributed by atoms with Crippen molar-refractivity contribution in [2.75, 3.05) is 0 Å². The monoisotopic (exact) mass is 189 g/mol. The highest BCUT2D eigenvalue weighted by Gasteiger charge is 2.01. The largest absolute Gasteiger partial charge is 0.264 e. The highest BCUT2D eigenvalue weighted by molar-refractivity contribution is 5.88. The minimum atomic E-state index is 0.475. The molecule has 2 aromatic rings. The minimum absolute atomic E-state index is 0.475. The molecule has 0 aromatic heterocycles. The highest BCUT2D eigenvalue weighted by atomic mass is 17.3. The summed E-state index contributed by atoms with van der Waals surface area (Å²) in [5.41, 5.74) is 0. The van der Waals surface area contributed by atoms with E-state index in [1.807, 2.05) is 36.4 Å². The summed E-state index contributed by atoms with van der Waals surface area (Å²) >= 11 is 0. The topological polar surface area (TPSA) is 47.9 Å². The number of rotatable bonds is 3. The van der Waals surface area contributed by atoms with Crippen molar-refractivity contribution in [2.45, 2.75) is 0 Å². The van der Waals surface area contributed by atoms with Gasteiger partial charge in [0.15, 0.2) is 5.75 Å². The maximum atomic E-state index is 9.72. The Morgan fingerprint density at radius 3 is 2.64 bits per heavy atom. The highest BCUT2D eigenvalue weighted by Crippen LogP contribution is 2.25. The van der Waals surface area contributed by atoms with E-state index < -0.39 is 0 Å². The molecule has 70 valence electrons. The van der Waals surface area contributed by atoms with E-state index in [0.717, 1.165) is 10.8 Å². The predicted molar refractivity (Wildman–Crippen MR) is 51.5 cm³/mol. The van der Waals surface area contributed by atoms with Crippen LogP contribution in [0.3, 0.4) is 0 Å². The van der Waals surface area contributed by atoms with Gasteiger partial charge in [-0.3, -0.25) is 4.89 Å². The quantitative estimate of drug-likeness (QED) is 0.423. The third-order valence-electron chi connectivity index (χ3n) is 1.91. The molecule has 0 N–H and O–H groups in total. The molecule has 0 unspecified atom stereocenters. The molecular formula is C10H7NO3. The summed E-state index contributed by atoms with van der Waals surface area (Å²) in [7, 11) is 0. The molecule has 0 fully saturated rings. The Morgan fingerprint density at radius 2 is 1.79 bits per heavy atom. The van der Waals surface area contributed by atoms with E-state index >= 15 is 0 Å². The lowest BCUT2D eigenvalue weighted by Crippen LogP contribution is -1.89. The van der Waals surface area contributed by atoms with E-state index in [1.54, 1.807) is 6.07 Å². The zero-order valence-electron chi connectivity index (χ0n) is 7.21. The normalized spacial score (nSPS) is 9.71. The van der Waals surface area contributed by atoms with Crippen molar-refractivity contribution < 1.29 is 9.88 Å². The first-order chi connectivity index (χ1) is 6.92. The van der Waals surface area contributed by atoms with Crippen molar-refractivity contribution in [2.24, 2.45) is 5.34 Å². The van der Waals surface area contributed by atoms with Gasteiger partial charge in [0.25, 0.3) is 0 Å². The second-order valence-electron chi connectivity index (χ2n) is 2.71. The van der Waals surface area contributed by atoms with Gasteiger partial charge in [0, 0.05) is 5.39 Å². The lowest BCUT2D eigenvalue weighted by Gasteiger charge is -2.02. The average Bonchev–Trinajstić information content (AvgIpc) is 2.26. The molecule has 0 aliphatic rings. The van der Waals surface area contributed by atoms with Crippen LogP contribution in [-0.4, -0.2) is 0 Å². The van der Waals surface area contributed by atoms with Crippen LogP contribution in [0.1, 0.15) is 0 Å². The Balaban J connectivity index is 2.48. The molecule has 0 aliphatic heterocycles. The van der Waals surface area contributed by atoms with Gasteiger partial charge >= 0.3 is 0 Å². The lowest BCUT2D eigenvalue weighted by molar-refractivity contribution is -0.208. The maximum Gasteiger partial charge on any atom is 0.202 e. The number of hydrogen-bond donors (Lipinski definition) is 0. The molecule has 2 aromatic carbocycles. The molecule has 0 saturated carbocycles. The summed E-state index contributed by atoms with van der Waals surface area (Å²) in [5.74, 6) is 0.475. The fraction of sp³-hybridized carbons (Fsp3) is 0. The zero-order chi connectivity index (χ0) is 9.80. The second kappa shape index (κ2) is 3.74. The van der Waals surface area contributed by atoms with E-state index in [1.165, 1.54) is 0 Å². The van der Waals surface area contributed by atoms with Gasteiger partial charge in [0.05, 0.1) is 0 Å². The van der Waals surface area contributed by atoms with Crippen LogP contribution in [0, 0.1) is 4.91 Å². The first-order valence-electron chi connectivity index (χ1n) is 4.06. The number of benzene rings is 2. The van der Waals surface area contributed by atoms with Crippen LogP contribution in [0.25, 0.3) is 10.8 Å². The molecule has 0 atom stereocenters. The molecule has 4 nitrogen and oxygen atoms in total. The fourth-order valence-corrected chi connectivity index (χ4v) is 1.32. The van der Waals surface area contributed by atoms with Gasteiger partial charge in [-0.25, -0.2) is 0 Å². The van der Waals surface area contributed by atoms with E-state index in [-0.39, 0.29) is 0 Å². The Morgan fingerprint density at radius 1 is 1.00 bits per heavy atom. The van der Waals surface area contributed by atoms with Crippen molar-refractivity contribution in [3.8, 4) is 5.75 Å². The minimum Gasteiger partial charge on any atom is -0.264 e.